The van der Waals surface area contributed by atoms with Crippen LogP contribution in [0.1, 0.15) is 63.8 Å². The van der Waals surface area contributed by atoms with Gasteiger partial charge in [0.2, 0.25) is 0 Å². The molecule has 21 heavy (non-hydrogen) atoms. The predicted molar refractivity (Wildman–Crippen MR) is 90.2 cm³/mol. The minimum Gasteiger partial charge on any atom is -0.356 e. The van der Waals surface area contributed by atoms with Crippen LogP contribution in [0.5, 0.6) is 0 Å². The summed E-state index contributed by atoms with van der Waals surface area (Å²) in [5.41, 5.74) is 1.01. The lowest BCUT2D eigenvalue weighted by molar-refractivity contribution is 0.312. The van der Waals surface area contributed by atoms with Crippen LogP contribution in [0.15, 0.2) is 0 Å². The summed E-state index contributed by atoms with van der Waals surface area (Å²) in [5.74, 6) is 2.82. The molecule has 1 aromatic rings. The van der Waals surface area contributed by atoms with Crippen LogP contribution in [0.3, 0.4) is 0 Å². The first-order valence-corrected chi connectivity index (χ1v) is 8.70. The molecule has 2 rings (SSSR count). The zero-order chi connectivity index (χ0) is 15.4. The summed E-state index contributed by atoms with van der Waals surface area (Å²) in [4.78, 5) is 11.5. The van der Waals surface area contributed by atoms with Gasteiger partial charge in [-0.1, -0.05) is 31.9 Å². The first kappa shape index (κ1) is 16.5. The van der Waals surface area contributed by atoms with Gasteiger partial charge in [-0.15, -0.1) is 0 Å². The number of aromatic nitrogens is 2. The van der Waals surface area contributed by atoms with Gasteiger partial charge in [0.1, 0.15) is 16.8 Å². The lowest BCUT2D eigenvalue weighted by Gasteiger charge is -2.36. The third kappa shape index (κ3) is 3.88. The average Bonchev–Trinajstić information content (AvgIpc) is 2.50. The maximum Gasteiger partial charge on any atom is 0.137 e. The molecule has 0 saturated heterocycles. The van der Waals surface area contributed by atoms with Gasteiger partial charge >= 0.3 is 0 Å². The molecule has 0 radical (unpaired) electrons. The molecule has 0 aliphatic heterocycles. The van der Waals surface area contributed by atoms with Gasteiger partial charge < -0.3 is 4.90 Å². The molecule has 0 unspecified atom stereocenters. The summed E-state index contributed by atoms with van der Waals surface area (Å²) < 4.78 is 0. The molecule has 118 valence electrons. The minimum absolute atomic E-state index is 0.590. The molecule has 0 amide bonds. The standard InChI is InChI=1S/C17H28ClN3/c1-5-7-15-19-16(18)12(3)17(20-15)21(4)14-10-8-13(6-2)9-11-14/h13-14H,5-11H2,1-4H3. The van der Waals surface area contributed by atoms with Gasteiger partial charge in [0.05, 0.1) is 0 Å². The van der Waals surface area contributed by atoms with E-state index in [0.29, 0.717) is 11.2 Å². The fourth-order valence-electron chi connectivity index (χ4n) is 3.31. The molecule has 0 bridgehead atoms. The fraction of sp³-hybridized carbons (Fsp3) is 0.765. The van der Waals surface area contributed by atoms with Crippen LogP contribution in [0, 0.1) is 12.8 Å². The van der Waals surface area contributed by atoms with E-state index in [0.717, 1.165) is 36.0 Å². The van der Waals surface area contributed by atoms with E-state index in [2.05, 4.69) is 30.8 Å². The van der Waals surface area contributed by atoms with Crippen LogP contribution < -0.4 is 4.90 Å². The Morgan fingerprint density at radius 3 is 2.38 bits per heavy atom. The topological polar surface area (TPSA) is 29.0 Å². The molecule has 1 saturated carbocycles. The van der Waals surface area contributed by atoms with Crippen molar-refractivity contribution in [3.63, 3.8) is 0 Å². The first-order chi connectivity index (χ1) is 10.1. The Kier molecular flexibility index (Phi) is 5.86. The molecular formula is C17H28ClN3. The third-order valence-corrected chi connectivity index (χ3v) is 5.22. The molecule has 1 aliphatic carbocycles. The van der Waals surface area contributed by atoms with Crippen LogP contribution in [0.2, 0.25) is 5.15 Å². The van der Waals surface area contributed by atoms with Gasteiger partial charge in [0.15, 0.2) is 0 Å². The Balaban J connectivity index is 2.16. The number of hydrogen-bond acceptors (Lipinski definition) is 3. The molecule has 1 aromatic heterocycles. The Hall–Kier alpha value is -0.830. The van der Waals surface area contributed by atoms with Crippen molar-refractivity contribution in [1.29, 1.82) is 0 Å². The van der Waals surface area contributed by atoms with Gasteiger partial charge in [0, 0.05) is 25.1 Å². The van der Waals surface area contributed by atoms with Crippen molar-refractivity contribution in [3.8, 4) is 0 Å². The van der Waals surface area contributed by atoms with E-state index in [-0.39, 0.29) is 0 Å². The number of rotatable bonds is 5. The first-order valence-electron chi connectivity index (χ1n) is 8.32. The molecule has 3 nitrogen and oxygen atoms in total. The van der Waals surface area contributed by atoms with Crippen molar-refractivity contribution in [2.75, 3.05) is 11.9 Å². The highest BCUT2D eigenvalue weighted by Crippen LogP contribution is 2.32. The van der Waals surface area contributed by atoms with Crippen LogP contribution in [-0.2, 0) is 6.42 Å². The minimum atomic E-state index is 0.590. The van der Waals surface area contributed by atoms with E-state index in [9.17, 15) is 0 Å². The quantitative estimate of drug-likeness (QED) is 0.732. The lowest BCUT2D eigenvalue weighted by atomic mass is 9.84. The Bertz CT molecular complexity index is 467. The second-order valence-electron chi connectivity index (χ2n) is 6.32. The molecule has 1 heterocycles. The normalized spacial score (nSPS) is 22.3. The van der Waals surface area contributed by atoms with Gasteiger partial charge in [0.25, 0.3) is 0 Å². The van der Waals surface area contributed by atoms with E-state index in [4.69, 9.17) is 16.6 Å². The number of nitrogens with zero attached hydrogens (tertiary/aromatic N) is 3. The second kappa shape index (κ2) is 7.44. The highest BCUT2D eigenvalue weighted by molar-refractivity contribution is 6.30. The van der Waals surface area contributed by atoms with Gasteiger partial charge in [-0.3, -0.25) is 0 Å². The van der Waals surface area contributed by atoms with Crippen LogP contribution in [0.4, 0.5) is 5.82 Å². The highest BCUT2D eigenvalue weighted by Gasteiger charge is 2.25. The molecular weight excluding hydrogens is 282 g/mol. The number of halogens is 1. The average molecular weight is 310 g/mol. The summed E-state index contributed by atoms with van der Waals surface area (Å²) >= 11 is 6.31. The fourth-order valence-corrected chi connectivity index (χ4v) is 3.49. The number of hydrogen-bond donors (Lipinski definition) is 0. The maximum atomic E-state index is 6.31. The van der Waals surface area contributed by atoms with Crippen molar-refractivity contribution >= 4 is 17.4 Å². The largest absolute Gasteiger partial charge is 0.356 e. The van der Waals surface area contributed by atoms with Crippen molar-refractivity contribution in [2.24, 2.45) is 5.92 Å². The molecule has 0 aromatic carbocycles. The Morgan fingerprint density at radius 1 is 1.14 bits per heavy atom. The van der Waals surface area contributed by atoms with Gasteiger partial charge in [-0.25, -0.2) is 9.97 Å². The zero-order valence-electron chi connectivity index (χ0n) is 13.8. The number of aryl methyl sites for hydroxylation is 1. The van der Waals surface area contributed by atoms with Crippen molar-refractivity contribution in [1.82, 2.24) is 9.97 Å². The maximum absolute atomic E-state index is 6.31. The second-order valence-corrected chi connectivity index (χ2v) is 6.68. The third-order valence-electron chi connectivity index (χ3n) is 4.86. The van der Waals surface area contributed by atoms with E-state index < -0.39 is 0 Å². The molecule has 1 aliphatic rings. The highest BCUT2D eigenvalue weighted by atomic mass is 35.5. The van der Waals surface area contributed by atoms with E-state index in [1.807, 2.05) is 6.92 Å². The van der Waals surface area contributed by atoms with Crippen molar-refractivity contribution in [2.45, 2.75) is 71.8 Å². The summed E-state index contributed by atoms with van der Waals surface area (Å²) in [6, 6.07) is 0.590. The SMILES string of the molecule is CCCc1nc(Cl)c(C)c(N(C)C2CCC(CC)CC2)n1. The summed E-state index contributed by atoms with van der Waals surface area (Å²) in [6.07, 6.45) is 8.46. The monoisotopic (exact) mass is 309 g/mol. The molecule has 0 spiro atoms. The van der Waals surface area contributed by atoms with E-state index in [1.165, 1.54) is 32.1 Å². The molecule has 4 heteroatoms. The van der Waals surface area contributed by atoms with E-state index >= 15 is 0 Å². The molecule has 0 N–H and O–H groups in total. The Morgan fingerprint density at radius 2 is 1.81 bits per heavy atom. The van der Waals surface area contributed by atoms with Crippen LogP contribution in [-0.4, -0.2) is 23.1 Å². The van der Waals surface area contributed by atoms with E-state index in [1.54, 1.807) is 0 Å². The smallest absolute Gasteiger partial charge is 0.137 e. The molecule has 1 fully saturated rings. The summed E-state index contributed by atoms with van der Waals surface area (Å²) in [6.45, 7) is 6.48. The van der Waals surface area contributed by atoms with Crippen LogP contribution >= 0.6 is 11.6 Å². The lowest BCUT2D eigenvalue weighted by Crippen LogP contribution is -2.36. The van der Waals surface area contributed by atoms with Gasteiger partial charge in [-0.05, 0) is 44.9 Å². The van der Waals surface area contributed by atoms with Crippen molar-refractivity contribution in [3.05, 3.63) is 16.5 Å². The Labute approximate surface area is 134 Å². The van der Waals surface area contributed by atoms with Crippen molar-refractivity contribution < 1.29 is 0 Å². The van der Waals surface area contributed by atoms with Crippen LogP contribution in [0.25, 0.3) is 0 Å². The summed E-state index contributed by atoms with van der Waals surface area (Å²) in [5, 5.41) is 0.609. The molecule has 0 atom stereocenters. The van der Waals surface area contributed by atoms with Gasteiger partial charge in [-0.2, -0.15) is 0 Å². The number of anilines is 1. The predicted octanol–water partition coefficient (Wildman–Crippen LogP) is 4.80. The summed E-state index contributed by atoms with van der Waals surface area (Å²) in [7, 11) is 2.17. The zero-order valence-corrected chi connectivity index (χ0v) is 14.6.